The highest BCUT2D eigenvalue weighted by molar-refractivity contribution is 7.92. The molecule has 2 aromatic carbocycles. The third-order valence-corrected chi connectivity index (χ3v) is 8.98. The number of benzene rings is 2. The maximum atomic E-state index is 12.7. The van der Waals surface area contributed by atoms with Crippen molar-refractivity contribution < 1.29 is 13.2 Å². The molecular weight excluding hydrogens is 514 g/mol. The van der Waals surface area contributed by atoms with Crippen molar-refractivity contribution >= 4 is 37.6 Å². The normalized spacial score (nSPS) is 15.6. The molecule has 1 atom stereocenters. The highest BCUT2D eigenvalue weighted by Gasteiger charge is 2.29. The van der Waals surface area contributed by atoms with Crippen LogP contribution in [0.25, 0.3) is 33.1 Å². The summed E-state index contributed by atoms with van der Waals surface area (Å²) >= 11 is 0. The largest absolute Gasteiger partial charge is 0.381 e. The summed E-state index contributed by atoms with van der Waals surface area (Å²) in [4.78, 5) is 20.1. The Morgan fingerprint density at radius 3 is 2.67 bits per heavy atom. The average Bonchev–Trinajstić information content (AvgIpc) is 3.52. The van der Waals surface area contributed by atoms with Gasteiger partial charge in [0.25, 0.3) is 5.56 Å². The molecule has 39 heavy (non-hydrogen) atoms. The summed E-state index contributed by atoms with van der Waals surface area (Å²) in [6.45, 7) is 3.02. The first-order valence-electron chi connectivity index (χ1n) is 13.2. The summed E-state index contributed by atoms with van der Waals surface area (Å²) in [5, 5.41) is 0.792. The number of aromatic amines is 1. The predicted molar refractivity (Wildman–Crippen MR) is 153 cm³/mol. The van der Waals surface area contributed by atoms with E-state index in [9.17, 15) is 13.2 Å². The van der Waals surface area contributed by atoms with Crippen LogP contribution in [0.3, 0.4) is 0 Å². The molecule has 1 saturated heterocycles. The van der Waals surface area contributed by atoms with Crippen LogP contribution in [0.15, 0.2) is 72.0 Å². The lowest BCUT2D eigenvalue weighted by Gasteiger charge is -2.32. The fraction of sp³-hybridized carbons (Fsp3) is 0.310. The molecule has 1 aliphatic rings. The Kier molecular flexibility index (Phi) is 6.52. The van der Waals surface area contributed by atoms with Crippen LogP contribution in [0.2, 0.25) is 0 Å². The molecule has 0 bridgehead atoms. The predicted octanol–water partition coefficient (Wildman–Crippen LogP) is 4.66. The minimum atomic E-state index is -3.57. The van der Waals surface area contributed by atoms with E-state index in [1.165, 1.54) is 5.56 Å². The van der Waals surface area contributed by atoms with E-state index in [0.717, 1.165) is 34.9 Å². The molecule has 4 heterocycles. The zero-order chi connectivity index (χ0) is 27.1. The van der Waals surface area contributed by atoms with E-state index in [1.807, 2.05) is 49.9 Å². The number of ether oxygens (including phenoxy) is 1. The highest BCUT2D eigenvalue weighted by atomic mass is 32.2. The number of imidazole rings is 1. The Morgan fingerprint density at radius 1 is 1.15 bits per heavy atom. The van der Waals surface area contributed by atoms with Crippen molar-refractivity contribution in [2.24, 2.45) is 13.0 Å². The second kappa shape index (κ2) is 10.0. The zero-order valence-electron chi connectivity index (χ0n) is 21.9. The number of aryl methyl sites for hydroxylation is 1. The van der Waals surface area contributed by atoms with Gasteiger partial charge in [-0.3, -0.25) is 9.52 Å². The van der Waals surface area contributed by atoms with Crippen LogP contribution in [0.1, 0.15) is 31.4 Å². The first-order valence-corrected chi connectivity index (χ1v) is 14.8. The van der Waals surface area contributed by atoms with E-state index in [4.69, 9.17) is 9.72 Å². The van der Waals surface area contributed by atoms with Gasteiger partial charge in [-0.25, -0.2) is 13.4 Å². The van der Waals surface area contributed by atoms with Gasteiger partial charge < -0.3 is 18.9 Å². The number of sulfonamides is 1. The SMILES string of the molecule is CCS(=O)(=O)Nc1cc(-c2cn(C)c3c(=O)[nH]ccc23)cc2c1ncn2[C@@H](c1ccccc1)C1CCOCC1. The summed E-state index contributed by atoms with van der Waals surface area (Å²) in [5.41, 5.74) is 5.01. The number of hydrogen-bond acceptors (Lipinski definition) is 5. The molecule has 0 saturated carbocycles. The van der Waals surface area contributed by atoms with Gasteiger partial charge in [-0.2, -0.15) is 0 Å². The lowest BCUT2D eigenvalue weighted by atomic mass is 9.86. The van der Waals surface area contributed by atoms with E-state index in [1.54, 1.807) is 17.7 Å². The molecule has 0 amide bonds. The second-order valence-corrected chi connectivity index (χ2v) is 12.1. The maximum absolute atomic E-state index is 12.7. The summed E-state index contributed by atoms with van der Waals surface area (Å²) in [7, 11) is -1.73. The number of nitrogens with zero attached hydrogens (tertiary/aromatic N) is 3. The van der Waals surface area contributed by atoms with Crippen LogP contribution < -0.4 is 10.3 Å². The number of rotatable bonds is 7. The topological polar surface area (TPSA) is 111 Å². The molecule has 5 aromatic rings. The van der Waals surface area contributed by atoms with Crippen molar-refractivity contribution in [2.45, 2.75) is 25.8 Å². The van der Waals surface area contributed by atoms with Crippen molar-refractivity contribution in [2.75, 3.05) is 23.7 Å². The summed E-state index contributed by atoms with van der Waals surface area (Å²) in [6.07, 6.45) is 7.20. The Balaban J connectivity index is 1.61. The van der Waals surface area contributed by atoms with Crippen LogP contribution >= 0.6 is 0 Å². The Bertz CT molecular complexity index is 1820. The van der Waals surface area contributed by atoms with Gasteiger partial charge in [0, 0.05) is 43.6 Å². The monoisotopic (exact) mass is 545 g/mol. The van der Waals surface area contributed by atoms with Crippen LogP contribution in [-0.4, -0.2) is 46.5 Å². The van der Waals surface area contributed by atoms with E-state index in [-0.39, 0.29) is 17.4 Å². The fourth-order valence-electron chi connectivity index (χ4n) is 5.77. The second-order valence-electron chi connectivity index (χ2n) is 10.1. The molecule has 0 radical (unpaired) electrons. The summed E-state index contributed by atoms with van der Waals surface area (Å²) in [6, 6.07) is 16.1. The molecule has 0 aliphatic carbocycles. The van der Waals surface area contributed by atoms with Crippen LogP contribution in [0.5, 0.6) is 0 Å². The number of H-pyrrole nitrogens is 1. The van der Waals surface area contributed by atoms with Gasteiger partial charge in [0.15, 0.2) is 0 Å². The number of hydrogen-bond donors (Lipinski definition) is 2. The molecule has 1 fully saturated rings. The third-order valence-electron chi connectivity index (χ3n) is 7.69. The lowest BCUT2D eigenvalue weighted by Crippen LogP contribution is -2.26. The van der Waals surface area contributed by atoms with Gasteiger partial charge in [-0.15, -0.1) is 0 Å². The van der Waals surface area contributed by atoms with Crippen molar-refractivity contribution in [3.8, 4) is 11.1 Å². The van der Waals surface area contributed by atoms with Gasteiger partial charge in [-0.05, 0) is 55.0 Å². The molecule has 1 aliphatic heterocycles. The zero-order valence-corrected chi connectivity index (χ0v) is 22.7. The van der Waals surface area contributed by atoms with Gasteiger partial charge in [-0.1, -0.05) is 30.3 Å². The fourth-order valence-corrected chi connectivity index (χ4v) is 6.40. The minimum absolute atomic E-state index is 0.00124. The van der Waals surface area contributed by atoms with Crippen LogP contribution in [0.4, 0.5) is 5.69 Å². The third kappa shape index (κ3) is 4.63. The number of fused-ring (bicyclic) bond motifs is 2. The molecule has 3 aromatic heterocycles. The molecule has 0 spiro atoms. The van der Waals surface area contributed by atoms with Crippen molar-refractivity contribution in [1.82, 2.24) is 19.1 Å². The standard InChI is InChI=1S/C29H31N5O4S/c1-3-39(36,37)32-24-15-21(23-17-33(2)28-22(23)9-12-30-29(28)35)16-25-26(24)31-18-34(25)27(19-7-5-4-6-8-19)20-10-13-38-14-11-20/h4-9,12,15-18,20,27,32H,3,10-11,13-14H2,1-2H3,(H,30,35)/t27-/m0/s1. The van der Waals surface area contributed by atoms with E-state index >= 15 is 0 Å². The van der Waals surface area contributed by atoms with Gasteiger partial charge in [0.2, 0.25) is 10.0 Å². The number of pyridine rings is 1. The molecule has 10 heteroatoms. The molecular formula is C29H31N5O4S. The number of aromatic nitrogens is 4. The van der Waals surface area contributed by atoms with E-state index < -0.39 is 10.0 Å². The summed E-state index contributed by atoms with van der Waals surface area (Å²) < 4.78 is 37.9. The number of nitrogens with one attached hydrogen (secondary N) is 2. The quantitative estimate of drug-likeness (QED) is 0.309. The molecule has 9 nitrogen and oxygen atoms in total. The molecule has 6 rings (SSSR count). The maximum Gasteiger partial charge on any atom is 0.272 e. The van der Waals surface area contributed by atoms with Crippen LogP contribution in [-0.2, 0) is 21.8 Å². The van der Waals surface area contributed by atoms with E-state index in [2.05, 4.69) is 32.5 Å². The van der Waals surface area contributed by atoms with Crippen molar-refractivity contribution in [3.05, 3.63) is 83.2 Å². The smallest absolute Gasteiger partial charge is 0.272 e. The number of anilines is 1. The van der Waals surface area contributed by atoms with Gasteiger partial charge in [0.1, 0.15) is 11.0 Å². The summed E-state index contributed by atoms with van der Waals surface area (Å²) in [5.74, 6) is 0.270. The molecule has 202 valence electrons. The van der Waals surface area contributed by atoms with Gasteiger partial charge >= 0.3 is 0 Å². The van der Waals surface area contributed by atoms with Crippen molar-refractivity contribution in [1.29, 1.82) is 0 Å². The van der Waals surface area contributed by atoms with E-state index in [0.29, 0.717) is 35.9 Å². The molecule has 2 N–H and O–H groups in total. The minimum Gasteiger partial charge on any atom is -0.381 e. The van der Waals surface area contributed by atoms with Crippen LogP contribution in [0, 0.1) is 5.92 Å². The highest BCUT2D eigenvalue weighted by Crippen LogP contribution is 2.39. The Morgan fingerprint density at radius 2 is 1.92 bits per heavy atom. The Labute approximate surface area is 226 Å². The van der Waals surface area contributed by atoms with Gasteiger partial charge in [0.05, 0.1) is 29.3 Å². The first-order chi connectivity index (χ1) is 18.9. The molecule has 0 unspecified atom stereocenters. The van der Waals surface area contributed by atoms with Crippen molar-refractivity contribution in [3.63, 3.8) is 0 Å². The first kappa shape index (κ1) is 25.4. The Hall–Kier alpha value is -3.89. The average molecular weight is 546 g/mol. The lowest BCUT2D eigenvalue weighted by molar-refractivity contribution is 0.0547.